The van der Waals surface area contributed by atoms with Crippen LogP contribution in [0, 0.1) is 5.92 Å². The first-order valence-corrected chi connectivity index (χ1v) is 18.1. The lowest BCUT2D eigenvalue weighted by Gasteiger charge is -2.30. The Kier molecular flexibility index (Phi) is 9.13. The lowest BCUT2D eigenvalue weighted by Crippen LogP contribution is -2.34. The van der Waals surface area contributed by atoms with Gasteiger partial charge in [0.25, 0.3) is 0 Å². The van der Waals surface area contributed by atoms with Crippen LogP contribution in [0.4, 0.5) is 0 Å². The van der Waals surface area contributed by atoms with Gasteiger partial charge in [-0.25, -0.2) is 0 Å². The molecule has 41 heavy (non-hydrogen) atoms. The molecule has 0 amide bonds. The monoisotopic (exact) mass is 558 g/mol. The van der Waals surface area contributed by atoms with Crippen LogP contribution in [0.2, 0.25) is 0 Å². The number of nitrogens with zero attached hydrogens (tertiary/aromatic N) is 1. The molecule has 0 saturated heterocycles. The van der Waals surface area contributed by atoms with Crippen molar-refractivity contribution in [2.24, 2.45) is 10.9 Å². The highest BCUT2D eigenvalue weighted by atomic mass is 31.2. The molecule has 0 bridgehead atoms. The van der Waals surface area contributed by atoms with E-state index in [0.29, 0.717) is 5.92 Å². The van der Waals surface area contributed by atoms with E-state index < -0.39 is 7.26 Å². The van der Waals surface area contributed by atoms with E-state index in [9.17, 15) is 0 Å². The van der Waals surface area contributed by atoms with Crippen LogP contribution in [-0.2, 0) is 0 Å². The fraction of sp³-hybridized carbons (Fsp3) is 0.359. The fourth-order valence-corrected chi connectivity index (χ4v) is 11.5. The third-order valence-electron chi connectivity index (χ3n) is 9.34. The summed E-state index contributed by atoms with van der Waals surface area (Å²) in [7, 11) is -1.97. The molecule has 3 aliphatic rings. The maximum absolute atomic E-state index is 5.49. The van der Waals surface area contributed by atoms with E-state index in [-0.39, 0.29) is 0 Å². The number of hydrogen-bond acceptors (Lipinski definition) is 1. The predicted molar refractivity (Wildman–Crippen MR) is 181 cm³/mol. The minimum absolute atomic E-state index is 0.521. The normalized spacial score (nSPS) is 18.4. The highest BCUT2D eigenvalue weighted by molar-refractivity contribution is 7.95. The van der Waals surface area contributed by atoms with Crippen molar-refractivity contribution in [2.75, 3.05) is 6.16 Å². The molecule has 1 heterocycles. The van der Waals surface area contributed by atoms with Crippen LogP contribution in [0.1, 0.15) is 77.6 Å². The van der Waals surface area contributed by atoms with Crippen molar-refractivity contribution in [3.8, 4) is 0 Å². The number of benzene rings is 3. The molecule has 1 unspecified atom stereocenters. The maximum Gasteiger partial charge on any atom is 0.116 e. The average molecular weight is 559 g/mol. The van der Waals surface area contributed by atoms with Crippen LogP contribution in [0.3, 0.4) is 0 Å². The van der Waals surface area contributed by atoms with Crippen molar-refractivity contribution >= 4 is 28.9 Å². The highest BCUT2D eigenvalue weighted by Crippen LogP contribution is 2.58. The van der Waals surface area contributed by atoms with E-state index in [0.717, 1.165) is 12.6 Å². The Bertz CT molecular complexity index is 1330. The van der Waals surface area contributed by atoms with Gasteiger partial charge in [0, 0.05) is 17.2 Å². The lowest BCUT2D eigenvalue weighted by molar-refractivity contribution is 0.551. The summed E-state index contributed by atoms with van der Waals surface area (Å²) in [6, 6.07) is 34.0. The summed E-state index contributed by atoms with van der Waals surface area (Å²) in [5.74, 6) is 0.521. The van der Waals surface area contributed by atoms with Crippen LogP contribution < -0.4 is 15.9 Å². The first-order chi connectivity index (χ1) is 20.3. The molecule has 1 nitrogen and oxygen atoms in total. The molecule has 2 aliphatic carbocycles. The van der Waals surface area contributed by atoms with Gasteiger partial charge in [0.15, 0.2) is 0 Å². The summed E-state index contributed by atoms with van der Waals surface area (Å²) < 4.78 is 0. The summed E-state index contributed by atoms with van der Waals surface area (Å²) in [6.45, 7) is 2.30. The average Bonchev–Trinajstić information content (AvgIpc) is 3.44. The van der Waals surface area contributed by atoms with Crippen LogP contribution in [0.5, 0.6) is 0 Å². The van der Waals surface area contributed by atoms with Crippen LogP contribution >= 0.6 is 7.26 Å². The van der Waals surface area contributed by atoms with Gasteiger partial charge in [-0.05, 0) is 79.6 Å². The summed E-state index contributed by atoms with van der Waals surface area (Å²) in [6.07, 6.45) is 20.4. The van der Waals surface area contributed by atoms with Gasteiger partial charge in [-0.1, -0.05) is 112 Å². The standard InChI is InChI=1S/C39H45NP/c1-2-3-4-5-6-10-19-31-28-29-32(39-38(31)36-26-17-18-27-37(36)40-39)30-41(33-20-11-7-12-21-33,34-22-13-8-14-23-34)35-24-15-9-16-25-35/h7-9,11-16,20-25,28-29,31H,2-6,10,17-19,26-27,30H2,1H3/q+1. The molecule has 3 aromatic rings. The number of unbranched alkanes of at least 4 members (excludes halogenated alkanes) is 5. The molecule has 3 aromatic carbocycles. The van der Waals surface area contributed by atoms with Crippen LogP contribution in [-0.4, -0.2) is 11.9 Å². The Labute approximate surface area is 248 Å². The second kappa shape index (κ2) is 13.3. The Morgan fingerprint density at radius 2 is 1.24 bits per heavy atom. The van der Waals surface area contributed by atoms with E-state index in [1.807, 2.05) is 0 Å². The summed E-state index contributed by atoms with van der Waals surface area (Å²) in [5, 5.41) is 4.35. The Balaban J connectivity index is 1.42. The number of rotatable bonds is 12. The van der Waals surface area contributed by atoms with Crippen LogP contribution in [0.15, 0.2) is 131 Å². The topological polar surface area (TPSA) is 12.4 Å². The quantitative estimate of drug-likeness (QED) is 0.155. The number of allylic oxidation sites excluding steroid dienone is 5. The zero-order valence-electron chi connectivity index (χ0n) is 24.8. The Morgan fingerprint density at radius 1 is 0.683 bits per heavy atom. The zero-order valence-corrected chi connectivity index (χ0v) is 25.7. The van der Waals surface area contributed by atoms with Gasteiger partial charge in [-0.3, -0.25) is 4.99 Å². The zero-order chi connectivity index (χ0) is 27.9. The van der Waals surface area contributed by atoms with E-state index >= 15 is 0 Å². The first-order valence-electron chi connectivity index (χ1n) is 16.1. The fourth-order valence-electron chi connectivity index (χ4n) is 7.23. The minimum atomic E-state index is -1.97. The van der Waals surface area contributed by atoms with Crippen molar-refractivity contribution in [2.45, 2.75) is 77.6 Å². The second-order valence-electron chi connectivity index (χ2n) is 12.0. The van der Waals surface area contributed by atoms with Gasteiger partial charge >= 0.3 is 0 Å². The van der Waals surface area contributed by atoms with Crippen molar-refractivity contribution in [1.82, 2.24) is 0 Å². The summed E-state index contributed by atoms with van der Waals surface area (Å²) in [4.78, 5) is 5.49. The molecule has 2 heteroatoms. The molecule has 0 spiro atoms. The molecular weight excluding hydrogens is 513 g/mol. The first kappa shape index (κ1) is 28.1. The van der Waals surface area contributed by atoms with Gasteiger partial charge in [0.1, 0.15) is 29.3 Å². The number of aliphatic imine (C=N–C) groups is 1. The van der Waals surface area contributed by atoms with E-state index in [1.165, 1.54) is 97.1 Å². The summed E-state index contributed by atoms with van der Waals surface area (Å²) in [5.41, 5.74) is 7.38. The van der Waals surface area contributed by atoms with Gasteiger partial charge < -0.3 is 0 Å². The molecule has 0 N–H and O–H groups in total. The van der Waals surface area contributed by atoms with E-state index in [4.69, 9.17) is 4.99 Å². The predicted octanol–water partition coefficient (Wildman–Crippen LogP) is 9.50. The van der Waals surface area contributed by atoms with Gasteiger partial charge in [0.05, 0.1) is 5.70 Å². The van der Waals surface area contributed by atoms with Crippen molar-refractivity contribution in [3.05, 3.63) is 126 Å². The lowest BCUT2D eigenvalue weighted by atomic mass is 9.80. The Morgan fingerprint density at radius 3 is 1.85 bits per heavy atom. The molecule has 6 rings (SSSR count). The van der Waals surface area contributed by atoms with Crippen molar-refractivity contribution < 1.29 is 0 Å². The summed E-state index contributed by atoms with van der Waals surface area (Å²) >= 11 is 0. The smallest absolute Gasteiger partial charge is 0.116 e. The second-order valence-corrected chi connectivity index (χ2v) is 15.5. The van der Waals surface area contributed by atoms with E-state index in [2.05, 4.69) is 110 Å². The van der Waals surface area contributed by atoms with Gasteiger partial charge in [-0.15, -0.1) is 0 Å². The molecular formula is C39H45NP+. The number of hydrogen-bond donors (Lipinski definition) is 0. The van der Waals surface area contributed by atoms with Crippen molar-refractivity contribution in [1.29, 1.82) is 0 Å². The van der Waals surface area contributed by atoms with Crippen molar-refractivity contribution in [3.63, 3.8) is 0 Å². The molecule has 1 aliphatic heterocycles. The molecule has 0 radical (unpaired) electrons. The molecule has 0 aromatic heterocycles. The molecule has 1 saturated carbocycles. The van der Waals surface area contributed by atoms with Gasteiger partial charge in [0.2, 0.25) is 0 Å². The molecule has 210 valence electrons. The number of fused-ring (bicyclic) bond motifs is 2. The van der Waals surface area contributed by atoms with Gasteiger partial charge in [-0.2, -0.15) is 0 Å². The van der Waals surface area contributed by atoms with Crippen LogP contribution in [0.25, 0.3) is 0 Å². The SMILES string of the molecule is CCCCCCCCC1C=CC(C[P+](c2ccccc2)(c2ccccc2)c2ccccc2)=C2N=C3CCCCC3=C21. The minimum Gasteiger partial charge on any atom is -0.252 e. The largest absolute Gasteiger partial charge is 0.252 e. The van der Waals surface area contributed by atoms with E-state index in [1.54, 1.807) is 11.1 Å². The maximum atomic E-state index is 5.49. The third kappa shape index (κ3) is 5.85. The molecule has 1 atom stereocenters. The molecule has 1 fully saturated rings. The Hall–Kier alpha value is -3.02. The third-order valence-corrected chi connectivity index (χ3v) is 13.7. The highest BCUT2D eigenvalue weighted by Gasteiger charge is 2.47.